The Labute approximate surface area is 203 Å². The molecular formula is C29H26BrN3. The third kappa shape index (κ3) is 4.03. The van der Waals surface area contributed by atoms with E-state index in [9.17, 15) is 5.26 Å². The molecule has 3 nitrogen and oxygen atoms in total. The van der Waals surface area contributed by atoms with Crippen LogP contribution in [0.1, 0.15) is 52.5 Å². The van der Waals surface area contributed by atoms with Crippen LogP contribution < -0.4 is 0 Å². The van der Waals surface area contributed by atoms with Crippen LogP contribution in [-0.4, -0.2) is 9.55 Å². The van der Waals surface area contributed by atoms with Gasteiger partial charge in [-0.15, -0.1) is 0 Å². The lowest BCUT2D eigenvalue weighted by Crippen LogP contribution is -2.06. The molecule has 1 aliphatic rings. The summed E-state index contributed by atoms with van der Waals surface area (Å²) in [6, 6.07) is 21.8. The maximum Gasteiger partial charge on any atom is 0.110 e. The number of hydrogen-bond acceptors (Lipinski definition) is 2. The van der Waals surface area contributed by atoms with E-state index in [4.69, 9.17) is 4.98 Å². The SMILES string of the molecule is CCCc1nc2c(C)cc(Br)cc2n1Cc1ccc2c(c1)CCc1ccccc1C2=CC#N. The van der Waals surface area contributed by atoms with Crippen molar-refractivity contribution in [2.75, 3.05) is 0 Å². The van der Waals surface area contributed by atoms with Gasteiger partial charge in [-0.1, -0.05) is 65.3 Å². The Hall–Kier alpha value is -3.16. The molecule has 0 saturated carbocycles. The second-order valence-electron chi connectivity index (χ2n) is 8.79. The van der Waals surface area contributed by atoms with Crippen molar-refractivity contribution >= 4 is 32.5 Å². The number of allylic oxidation sites excluding steroid dienone is 1. The third-order valence-corrected chi connectivity index (χ3v) is 7.00. The molecule has 0 saturated heterocycles. The summed E-state index contributed by atoms with van der Waals surface area (Å²) in [6.07, 6.45) is 5.68. The average molecular weight is 496 g/mol. The van der Waals surface area contributed by atoms with Gasteiger partial charge in [0, 0.05) is 23.5 Å². The van der Waals surface area contributed by atoms with E-state index in [0.717, 1.165) is 53.6 Å². The molecule has 5 rings (SSSR count). The molecule has 3 aromatic carbocycles. The number of halogens is 1. The van der Waals surface area contributed by atoms with Gasteiger partial charge < -0.3 is 4.57 Å². The molecule has 1 aliphatic carbocycles. The van der Waals surface area contributed by atoms with Gasteiger partial charge in [0.2, 0.25) is 0 Å². The number of rotatable bonds is 4. The summed E-state index contributed by atoms with van der Waals surface area (Å²) in [5.74, 6) is 1.14. The predicted molar refractivity (Wildman–Crippen MR) is 138 cm³/mol. The molecule has 33 heavy (non-hydrogen) atoms. The summed E-state index contributed by atoms with van der Waals surface area (Å²) in [6.45, 7) is 5.12. The fourth-order valence-corrected chi connectivity index (χ4v) is 5.58. The maximum absolute atomic E-state index is 9.47. The smallest absolute Gasteiger partial charge is 0.110 e. The van der Waals surface area contributed by atoms with Crippen molar-refractivity contribution in [2.24, 2.45) is 0 Å². The molecule has 0 aliphatic heterocycles. The summed E-state index contributed by atoms with van der Waals surface area (Å²) < 4.78 is 3.46. The minimum Gasteiger partial charge on any atom is -0.323 e. The van der Waals surface area contributed by atoms with Gasteiger partial charge in [-0.3, -0.25) is 0 Å². The number of aromatic nitrogens is 2. The summed E-state index contributed by atoms with van der Waals surface area (Å²) in [4.78, 5) is 5.00. The van der Waals surface area contributed by atoms with Crippen molar-refractivity contribution in [1.29, 1.82) is 5.26 Å². The Kier molecular flexibility index (Phi) is 5.91. The zero-order valence-electron chi connectivity index (χ0n) is 19.0. The van der Waals surface area contributed by atoms with Crippen molar-refractivity contribution in [2.45, 2.75) is 46.1 Å². The minimum absolute atomic E-state index is 0.791. The van der Waals surface area contributed by atoms with Gasteiger partial charge >= 0.3 is 0 Å². The molecule has 1 aromatic heterocycles. The van der Waals surface area contributed by atoms with Gasteiger partial charge in [0.15, 0.2) is 0 Å². The molecule has 0 atom stereocenters. The first kappa shape index (κ1) is 21.7. The van der Waals surface area contributed by atoms with Crippen molar-refractivity contribution in [3.8, 4) is 6.07 Å². The van der Waals surface area contributed by atoms with Crippen LogP contribution in [0.15, 0.2) is 65.1 Å². The van der Waals surface area contributed by atoms with E-state index in [-0.39, 0.29) is 0 Å². The summed E-state index contributed by atoms with van der Waals surface area (Å²) >= 11 is 3.67. The topological polar surface area (TPSA) is 41.6 Å². The number of nitriles is 1. The highest BCUT2D eigenvalue weighted by atomic mass is 79.9. The zero-order valence-corrected chi connectivity index (χ0v) is 20.6. The van der Waals surface area contributed by atoms with Crippen LogP contribution >= 0.6 is 15.9 Å². The van der Waals surface area contributed by atoms with Crippen LogP contribution in [0.25, 0.3) is 16.6 Å². The Bertz CT molecular complexity index is 1440. The van der Waals surface area contributed by atoms with Crippen LogP contribution in [0.4, 0.5) is 0 Å². The van der Waals surface area contributed by atoms with Crippen LogP contribution in [0.2, 0.25) is 0 Å². The highest BCUT2D eigenvalue weighted by Gasteiger charge is 2.19. The first-order chi connectivity index (χ1) is 16.1. The number of aryl methyl sites for hydroxylation is 4. The van der Waals surface area contributed by atoms with Gasteiger partial charge in [0.05, 0.1) is 17.1 Å². The van der Waals surface area contributed by atoms with E-state index in [1.54, 1.807) is 6.08 Å². The van der Waals surface area contributed by atoms with Crippen molar-refractivity contribution in [3.05, 3.63) is 104 Å². The van der Waals surface area contributed by atoms with Crippen LogP contribution in [0.5, 0.6) is 0 Å². The molecule has 0 N–H and O–H groups in total. The van der Waals surface area contributed by atoms with Crippen molar-refractivity contribution in [1.82, 2.24) is 9.55 Å². The Morgan fingerprint density at radius 1 is 1.06 bits per heavy atom. The summed E-state index contributed by atoms with van der Waals surface area (Å²) in [5.41, 5.74) is 10.7. The maximum atomic E-state index is 9.47. The normalized spacial score (nSPS) is 14.1. The fraction of sp³-hybridized carbons (Fsp3) is 0.241. The van der Waals surface area contributed by atoms with Crippen LogP contribution in [-0.2, 0) is 25.8 Å². The largest absolute Gasteiger partial charge is 0.323 e. The molecule has 1 heterocycles. The van der Waals surface area contributed by atoms with E-state index >= 15 is 0 Å². The Balaban J connectivity index is 1.59. The van der Waals surface area contributed by atoms with E-state index in [1.807, 2.05) is 0 Å². The van der Waals surface area contributed by atoms with Crippen molar-refractivity contribution in [3.63, 3.8) is 0 Å². The Morgan fingerprint density at radius 2 is 1.85 bits per heavy atom. The lowest BCUT2D eigenvalue weighted by molar-refractivity contribution is 0.721. The van der Waals surface area contributed by atoms with Gasteiger partial charge in [-0.2, -0.15) is 5.26 Å². The minimum atomic E-state index is 0.791. The van der Waals surface area contributed by atoms with E-state index in [2.05, 4.69) is 95.0 Å². The molecule has 0 fully saturated rings. The molecule has 0 amide bonds. The summed E-state index contributed by atoms with van der Waals surface area (Å²) in [7, 11) is 0. The molecule has 0 radical (unpaired) electrons. The first-order valence-electron chi connectivity index (χ1n) is 11.5. The average Bonchev–Trinajstić information content (AvgIpc) is 3.05. The van der Waals surface area contributed by atoms with Crippen molar-refractivity contribution < 1.29 is 0 Å². The zero-order chi connectivity index (χ0) is 22.9. The predicted octanol–water partition coefficient (Wildman–Crippen LogP) is 7.16. The molecule has 0 bridgehead atoms. The van der Waals surface area contributed by atoms with Gasteiger partial charge in [-0.05, 0) is 77.3 Å². The molecule has 0 unspecified atom stereocenters. The fourth-order valence-electron chi connectivity index (χ4n) is 5.02. The lowest BCUT2D eigenvalue weighted by Gasteiger charge is -2.14. The molecule has 4 heteroatoms. The molecule has 164 valence electrons. The number of fused-ring (bicyclic) bond motifs is 3. The lowest BCUT2D eigenvalue weighted by atomic mass is 9.93. The van der Waals surface area contributed by atoms with Gasteiger partial charge in [-0.25, -0.2) is 4.98 Å². The second kappa shape index (κ2) is 9.00. The van der Waals surface area contributed by atoms with E-state index in [0.29, 0.717) is 0 Å². The standard InChI is InChI=1S/C29H26BrN3/c1-3-6-28-32-29-19(2)15-23(30)17-27(29)33(28)18-20-9-12-25-22(16-20)11-10-21-7-4-5-8-24(21)26(25)13-14-31/h4-5,7-9,12-13,15-17H,3,6,10-11,18H2,1-2H3. The third-order valence-electron chi connectivity index (χ3n) is 6.54. The van der Waals surface area contributed by atoms with Crippen LogP contribution in [0.3, 0.4) is 0 Å². The van der Waals surface area contributed by atoms with Gasteiger partial charge in [0.25, 0.3) is 0 Å². The number of nitrogens with zero attached hydrogens (tertiary/aromatic N) is 3. The molecule has 4 aromatic rings. The second-order valence-corrected chi connectivity index (χ2v) is 9.71. The highest BCUT2D eigenvalue weighted by molar-refractivity contribution is 9.10. The first-order valence-corrected chi connectivity index (χ1v) is 12.3. The number of hydrogen-bond donors (Lipinski definition) is 0. The summed E-state index contributed by atoms with van der Waals surface area (Å²) in [5, 5.41) is 9.47. The highest BCUT2D eigenvalue weighted by Crippen LogP contribution is 2.34. The Morgan fingerprint density at radius 3 is 2.67 bits per heavy atom. The monoisotopic (exact) mass is 495 g/mol. The number of imidazole rings is 1. The van der Waals surface area contributed by atoms with E-state index in [1.165, 1.54) is 38.9 Å². The number of benzene rings is 3. The molecule has 0 spiro atoms. The van der Waals surface area contributed by atoms with Gasteiger partial charge in [0.1, 0.15) is 5.82 Å². The van der Waals surface area contributed by atoms with E-state index < -0.39 is 0 Å². The van der Waals surface area contributed by atoms with Crippen LogP contribution in [0, 0.1) is 18.3 Å². The quantitative estimate of drug-likeness (QED) is 0.281. The molecular weight excluding hydrogens is 470 g/mol.